The first-order chi connectivity index (χ1) is 8.57. The third kappa shape index (κ3) is 3.23. The van der Waals surface area contributed by atoms with Crippen LogP contribution < -0.4 is 10.1 Å². The molecule has 0 heterocycles. The molecular formula is C14H21NO3. The van der Waals surface area contributed by atoms with Gasteiger partial charge in [-0.1, -0.05) is 25.1 Å². The van der Waals surface area contributed by atoms with Gasteiger partial charge < -0.3 is 14.8 Å². The summed E-state index contributed by atoms with van der Waals surface area (Å²) in [6.45, 7) is 4.06. The lowest BCUT2D eigenvalue weighted by atomic mass is 10.0. The molecule has 0 amide bonds. The van der Waals surface area contributed by atoms with Crippen molar-refractivity contribution in [1.82, 2.24) is 5.32 Å². The molecule has 0 saturated carbocycles. The lowest BCUT2D eigenvalue weighted by molar-refractivity contribution is -0.148. The molecule has 100 valence electrons. The second-order valence-corrected chi connectivity index (χ2v) is 4.32. The van der Waals surface area contributed by atoms with Gasteiger partial charge in [0.1, 0.15) is 17.9 Å². The number of para-hydroxylation sites is 1. The van der Waals surface area contributed by atoms with Crippen molar-refractivity contribution in [2.45, 2.75) is 25.8 Å². The van der Waals surface area contributed by atoms with Crippen LogP contribution in [0.25, 0.3) is 0 Å². The summed E-state index contributed by atoms with van der Waals surface area (Å²) < 4.78 is 10.5. The van der Waals surface area contributed by atoms with Gasteiger partial charge >= 0.3 is 5.97 Å². The van der Waals surface area contributed by atoms with Gasteiger partial charge in [-0.3, -0.25) is 0 Å². The maximum atomic E-state index is 11.7. The first-order valence-electron chi connectivity index (χ1n) is 6.05. The van der Waals surface area contributed by atoms with Gasteiger partial charge in [-0.25, -0.2) is 4.79 Å². The predicted octanol–water partition coefficient (Wildman–Crippen LogP) is 1.78. The van der Waals surface area contributed by atoms with Crippen molar-refractivity contribution in [3.8, 4) is 5.75 Å². The molecule has 4 heteroatoms. The fourth-order valence-corrected chi connectivity index (χ4v) is 1.62. The zero-order chi connectivity index (χ0) is 13.6. The molecule has 1 unspecified atom stereocenters. The van der Waals surface area contributed by atoms with Gasteiger partial charge in [0, 0.05) is 0 Å². The molecule has 0 aliphatic heterocycles. The summed E-state index contributed by atoms with van der Waals surface area (Å²) in [6.07, 6.45) is 0.894. The van der Waals surface area contributed by atoms with E-state index in [1.807, 2.05) is 24.3 Å². The van der Waals surface area contributed by atoms with Gasteiger partial charge in [0.2, 0.25) is 0 Å². The standard InChI is InChI=1S/C14H21NO3/c1-5-11-8-6-7-9-12(11)18-10-14(2,15-3)13(16)17-4/h6-9,15H,5,10H2,1-4H3. The van der Waals surface area contributed by atoms with Gasteiger partial charge in [-0.2, -0.15) is 0 Å². The van der Waals surface area contributed by atoms with E-state index in [-0.39, 0.29) is 12.6 Å². The monoisotopic (exact) mass is 251 g/mol. The highest BCUT2D eigenvalue weighted by Crippen LogP contribution is 2.20. The number of likely N-dealkylation sites (N-methyl/N-ethyl adjacent to an activating group) is 1. The summed E-state index contributed by atoms with van der Waals surface area (Å²) in [6, 6.07) is 7.82. The summed E-state index contributed by atoms with van der Waals surface area (Å²) in [4.78, 5) is 11.7. The molecule has 1 aromatic rings. The zero-order valence-electron chi connectivity index (χ0n) is 11.4. The van der Waals surface area contributed by atoms with E-state index >= 15 is 0 Å². The van der Waals surface area contributed by atoms with E-state index in [0.29, 0.717) is 0 Å². The van der Waals surface area contributed by atoms with Gasteiger partial charge in [-0.05, 0) is 32.0 Å². The van der Waals surface area contributed by atoms with Gasteiger partial charge in [0.15, 0.2) is 0 Å². The minimum atomic E-state index is -0.838. The number of rotatable bonds is 6. The van der Waals surface area contributed by atoms with E-state index in [1.54, 1.807) is 14.0 Å². The number of aryl methyl sites for hydroxylation is 1. The van der Waals surface area contributed by atoms with Crippen molar-refractivity contribution in [2.24, 2.45) is 0 Å². The van der Waals surface area contributed by atoms with E-state index in [2.05, 4.69) is 12.2 Å². The predicted molar refractivity (Wildman–Crippen MR) is 70.8 cm³/mol. The number of hydrogen-bond acceptors (Lipinski definition) is 4. The van der Waals surface area contributed by atoms with Gasteiger partial charge in [0.25, 0.3) is 0 Å². The molecule has 1 aromatic carbocycles. The summed E-state index contributed by atoms with van der Waals surface area (Å²) >= 11 is 0. The van der Waals surface area contributed by atoms with E-state index in [4.69, 9.17) is 9.47 Å². The molecule has 1 atom stereocenters. The third-order valence-corrected chi connectivity index (χ3v) is 3.06. The summed E-state index contributed by atoms with van der Waals surface area (Å²) in [5.74, 6) is 0.476. The van der Waals surface area contributed by atoms with Gasteiger partial charge in [-0.15, -0.1) is 0 Å². The Morgan fingerprint density at radius 1 is 1.39 bits per heavy atom. The number of carbonyl (C=O) groups is 1. The smallest absolute Gasteiger partial charge is 0.329 e. The minimum absolute atomic E-state index is 0.229. The van der Waals surface area contributed by atoms with Crippen molar-refractivity contribution >= 4 is 5.97 Å². The largest absolute Gasteiger partial charge is 0.491 e. The number of esters is 1. The number of benzene rings is 1. The molecule has 0 aliphatic carbocycles. The topological polar surface area (TPSA) is 47.6 Å². The quantitative estimate of drug-likeness (QED) is 0.783. The fraction of sp³-hybridized carbons (Fsp3) is 0.500. The Kier molecular flexibility index (Phi) is 5.16. The Morgan fingerprint density at radius 2 is 2.06 bits per heavy atom. The lowest BCUT2D eigenvalue weighted by Crippen LogP contribution is -2.52. The van der Waals surface area contributed by atoms with Crippen LogP contribution in [0.4, 0.5) is 0 Å². The molecule has 0 aliphatic rings. The second kappa shape index (κ2) is 6.40. The van der Waals surface area contributed by atoms with Crippen molar-refractivity contribution in [3.63, 3.8) is 0 Å². The van der Waals surface area contributed by atoms with Crippen LogP contribution in [0.5, 0.6) is 5.75 Å². The van der Waals surface area contributed by atoms with Gasteiger partial charge in [0.05, 0.1) is 7.11 Å². The molecule has 18 heavy (non-hydrogen) atoms. The molecule has 0 saturated heterocycles. The van der Waals surface area contributed by atoms with E-state index < -0.39 is 5.54 Å². The average molecular weight is 251 g/mol. The van der Waals surface area contributed by atoms with Crippen LogP contribution in [0.3, 0.4) is 0 Å². The van der Waals surface area contributed by atoms with Crippen molar-refractivity contribution in [2.75, 3.05) is 20.8 Å². The fourth-order valence-electron chi connectivity index (χ4n) is 1.62. The molecule has 4 nitrogen and oxygen atoms in total. The first kappa shape index (κ1) is 14.5. The van der Waals surface area contributed by atoms with Crippen molar-refractivity contribution in [3.05, 3.63) is 29.8 Å². The Bertz CT molecular complexity index is 406. The Morgan fingerprint density at radius 3 is 2.61 bits per heavy atom. The molecule has 1 rings (SSSR count). The van der Waals surface area contributed by atoms with Crippen LogP contribution in [-0.2, 0) is 16.0 Å². The van der Waals surface area contributed by atoms with Crippen molar-refractivity contribution < 1.29 is 14.3 Å². The first-order valence-corrected chi connectivity index (χ1v) is 6.05. The Balaban J connectivity index is 2.77. The normalized spacial score (nSPS) is 13.8. The molecule has 0 aromatic heterocycles. The minimum Gasteiger partial charge on any atom is -0.491 e. The number of hydrogen-bond donors (Lipinski definition) is 1. The zero-order valence-corrected chi connectivity index (χ0v) is 11.4. The Hall–Kier alpha value is -1.55. The molecule has 0 fully saturated rings. The van der Waals surface area contributed by atoms with Crippen LogP contribution in [0.2, 0.25) is 0 Å². The van der Waals surface area contributed by atoms with E-state index in [9.17, 15) is 4.79 Å². The number of carbonyl (C=O) groups excluding carboxylic acids is 1. The number of ether oxygens (including phenoxy) is 2. The molecular weight excluding hydrogens is 230 g/mol. The molecule has 0 spiro atoms. The maximum absolute atomic E-state index is 11.7. The van der Waals surface area contributed by atoms with E-state index in [1.165, 1.54) is 7.11 Å². The van der Waals surface area contributed by atoms with Crippen molar-refractivity contribution in [1.29, 1.82) is 0 Å². The molecule has 0 radical (unpaired) electrons. The highest BCUT2D eigenvalue weighted by Gasteiger charge is 2.33. The highest BCUT2D eigenvalue weighted by atomic mass is 16.5. The third-order valence-electron chi connectivity index (χ3n) is 3.06. The SMILES string of the molecule is CCc1ccccc1OCC(C)(NC)C(=O)OC. The van der Waals surface area contributed by atoms with Crippen LogP contribution in [0.15, 0.2) is 24.3 Å². The van der Waals surface area contributed by atoms with E-state index in [0.717, 1.165) is 17.7 Å². The van der Waals surface area contributed by atoms with Crippen LogP contribution in [0, 0.1) is 0 Å². The summed E-state index contributed by atoms with van der Waals surface area (Å²) in [5.41, 5.74) is 0.288. The maximum Gasteiger partial charge on any atom is 0.329 e. The molecule has 0 bridgehead atoms. The number of nitrogens with one attached hydrogen (secondary N) is 1. The average Bonchev–Trinajstić information content (AvgIpc) is 2.44. The highest BCUT2D eigenvalue weighted by molar-refractivity contribution is 5.80. The summed E-state index contributed by atoms with van der Waals surface area (Å²) in [7, 11) is 3.09. The second-order valence-electron chi connectivity index (χ2n) is 4.32. The van der Waals surface area contributed by atoms with Crippen LogP contribution in [-0.4, -0.2) is 32.3 Å². The Labute approximate surface area is 108 Å². The number of methoxy groups -OCH3 is 1. The lowest BCUT2D eigenvalue weighted by Gasteiger charge is -2.26. The van der Waals surface area contributed by atoms with Crippen LogP contribution in [0.1, 0.15) is 19.4 Å². The summed E-state index contributed by atoms with van der Waals surface area (Å²) in [5, 5.41) is 2.94. The molecule has 1 N–H and O–H groups in total. The van der Waals surface area contributed by atoms with Crippen LogP contribution >= 0.6 is 0 Å².